The monoisotopic (exact) mass is 773 g/mol. The topological polar surface area (TPSA) is 9.72 Å². The zero-order valence-corrected chi connectivity index (χ0v) is 33.1. The van der Waals surface area contributed by atoms with E-state index in [0.29, 0.717) is 0 Å². The van der Waals surface area contributed by atoms with Crippen molar-refractivity contribution in [3.63, 3.8) is 0 Å². The lowest BCUT2D eigenvalue weighted by Gasteiger charge is -2.32. The molecule has 4 heteroatoms. The number of anilines is 9. The second-order valence-corrected chi connectivity index (χ2v) is 16.1. The van der Waals surface area contributed by atoms with Crippen LogP contribution in [0.3, 0.4) is 0 Å². The van der Waals surface area contributed by atoms with E-state index < -0.39 is 0 Å². The highest BCUT2D eigenvalue weighted by Crippen LogP contribution is 2.52. The van der Waals surface area contributed by atoms with E-state index in [-0.39, 0.29) is 0 Å². The van der Waals surface area contributed by atoms with Gasteiger partial charge in [-0.25, -0.2) is 0 Å². The first-order valence-electron chi connectivity index (χ1n) is 20.1. The molecule has 1 heterocycles. The summed E-state index contributed by atoms with van der Waals surface area (Å²) in [6.07, 6.45) is 0.830. The van der Waals surface area contributed by atoms with Crippen LogP contribution in [0.25, 0.3) is 31.3 Å². The van der Waals surface area contributed by atoms with Gasteiger partial charge in [-0.3, -0.25) is 0 Å². The predicted molar refractivity (Wildman–Crippen MR) is 252 cm³/mol. The van der Waals surface area contributed by atoms with Gasteiger partial charge in [-0.15, -0.1) is 11.3 Å². The fraction of sp³-hybridized carbons (Fsp3) is 0.0182. The average Bonchev–Trinajstić information content (AvgIpc) is 3.86. The minimum atomic E-state index is 0.830. The van der Waals surface area contributed by atoms with Gasteiger partial charge in [-0.2, -0.15) is 0 Å². The first-order valence-corrected chi connectivity index (χ1v) is 21.0. The number of nitrogens with zero attached hydrogens (tertiary/aromatic N) is 3. The van der Waals surface area contributed by atoms with E-state index in [4.69, 9.17) is 0 Å². The van der Waals surface area contributed by atoms with Gasteiger partial charge >= 0.3 is 0 Å². The van der Waals surface area contributed by atoms with E-state index in [0.717, 1.165) is 57.6 Å². The minimum absolute atomic E-state index is 0.830. The lowest BCUT2D eigenvalue weighted by atomic mass is 9.99. The Balaban J connectivity index is 1.16. The van der Waals surface area contributed by atoms with Crippen molar-refractivity contribution >= 4 is 82.7 Å². The van der Waals surface area contributed by atoms with E-state index in [1.54, 1.807) is 0 Å². The molecule has 0 radical (unpaired) electrons. The van der Waals surface area contributed by atoms with Crippen molar-refractivity contribution in [2.75, 3.05) is 14.7 Å². The van der Waals surface area contributed by atoms with E-state index >= 15 is 0 Å². The number of benzene rings is 9. The van der Waals surface area contributed by atoms with Gasteiger partial charge in [0.2, 0.25) is 0 Å². The Morgan fingerprint density at radius 2 is 0.763 bits per heavy atom. The Labute approximate surface area is 348 Å². The Bertz CT molecular complexity index is 2990. The van der Waals surface area contributed by atoms with Gasteiger partial charge in [0.1, 0.15) is 0 Å². The first-order chi connectivity index (χ1) is 29.3. The molecule has 3 nitrogen and oxygen atoms in total. The molecule has 0 saturated carbocycles. The number of rotatable bonds is 9. The summed E-state index contributed by atoms with van der Waals surface area (Å²) in [5.74, 6) is 0. The number of para-hydroxylation sites is 5. The van der Waals surface area contributed by atoms with Gasteiger partial charge in [0, 0.05) is 71.2 Å². The van der Waals surface area contributed by atoms with Crippen LogP contribution in [0.2, 0.25) is 0 Å². The molecule has 0 amide bonds. The van der Waals surface area contributed by atoms with Crippen LogP contribution in [0.4, 0.5) is 51.2 Å². The van der Waals surface area contributed by atoms with Crippen molar-refractivity contribution in [2.45, 2.75) is 6.42 Å². The molecule has 0 bridgehead atoms. The highest BCUT2D eigenvalue weighted by molar-refractivity contribution is 7.25. The third-order valence-corrected chi connectivity index (χ3v) is 12.5. The smallest absolute Gasteiger partial charge is 0.0563 e. The summed E-state index contributed by atoms with van der Waals surface area (Å²) in [4.78, 5) is 7.24. The molecule has 0 atom stereocenters. The van der Waals surface area contributed by atoms with Crippen LogP contribution in [0.5, 0.6) is 0 Å². The molecule has 11 rings (SSSR count). The zero-order chi connectivity index (χ0) is 39.1. The number of hydrogen-bond acceptors (Lipinski definition) is 4. The van der Waals surface area contributed by atoms with Crippen LogP contribution in [-0.2, 0) is 6.42 Å². The Kier molecular flexibility index (Phi) is 8.76. The lowest BCUT2D eigenvalue weighted by molar-refractivity contribution is 1.21. The van der Waals surface area contributed by atoms with Gasteiger partial charge in [-0.05, 0) is 132 Å². The molecule has 1 aliphatic carbocycles. The molecule has 59 heavy (non-hydrogen) atoms. The van der Waals surface area contributed by atoms with Gasteiger partial charge in [0.15, 0.2) is 0 Å². The second-order valence-electron chi connectivity index (χ2n) is 15.0. The molecular formula is C55H39N3S. The van der Waals surface area contributed by atoms with Gasteiger partial charge < -0.3 is 14.7 Å². The van der Waals surface area contributed by atoms with E-state index in [9.17, 15) is 0 Å². The van der Waals surface area contributed by atoms with Crippen LogP contribution in [0.1, 0.15) is 11.1 Å². The predicted octanol–water partition coefficient (Wildman–Crippen LogP) is 16.0. The quantitative estimate of drug-likeness (QED) is 0.145. The molecule has 0 aliphatic heterocycles. The molecule has 0 N–H and O–H groups in total. The van der Waals surface area contributed by atoms with E-state index in [2.05, 4.69) is 239 Å². The largest absolute Gasteiger partial charge is 0.310 e. The molecule has 0 saturated heterocycles. The van der Waals surface area contributed by atoms with Gasteiger partial charge in [0.05, 0.1) is 5.69 Å². The summed E-state index contributed by atoms with van der Waals surface area (Å²) in [6.45, 7) is 0. The van der Waals surface area contributed by atoms with Crippen molar-refractivity contribution in [1.29, 1.82) is 0 Å². The highest BCUT2D eigenvalue weighted by atomic mass is 32.1. The van der Waals surface area contributed by atoms with Crippen molar-refractivity contribution < 1.29 is 0 Å². The summed E-state index contributed by atoms with van der Waals surface area (Å²) in [7, 11) is 0. The fourth-order valence-electron chi connectivity index (χ4n) is 8.78. The minimum Gasteiger partial charge on any atom is -0.310 e. The van der Waals surface area contributed by atoms with Crippen LogP contribution in [-0.4, -0.2) is 0 Å². The summed E-state index contributed by atoms with van der Waals surface area (Å²) in [5.41, 5.74) is 15.2. The van der Waals surface area contributed by atoms with Crippen LogP contribution < -0.4 is 14.7 Å². The zero-order valence-electron chi connectivity index (χ0n) is 32.3. The third kappa shape index (κ3) is 6.31. The molecule has 0 spiro atoms. The fourth-order valence-corrected chi connectivity index (χ4v) is 9.87. The van der Waals surface area contributed by atoms with Crippen LogP contribution in [0.15, 0.2) is 224 Å². The van der Waals surface area contributed by atoms with E-state index in [1.807, 2.05) is 11.3 Å². The van der Waals surface area contributed by atoms with Crippen molar-refractivity contribution in [1.82, 2.24) is 0 Å². The van der Waals surface area contributed by atoms with Gasteiger partial charge in [0.25, 0.3) is 0 Å². The second kappa shape index (κ2) is 14.8. The normalized spacial score (nSPS) is 11.7. The lowest BCUT2D eigenvalue weighted by Crippen LogP contribution is -2.14. The first kappa shape index (κ1) is 34.8. The number of fused-ring (bicyclic) bond motifs is 6. The summed E-state index contributed by atoms with van der Waals surface area (Å²) in [5, 5.41) is 2.57. The maximum Gasteiger partial charge on any atom is 0.0563 e. The van der Waals surface area contributed by atoms with Crippen molar-refractivity contribution in [3.05, 3.63) is 236 Å². The summed E-state index contributed by atoms with van der Waals surface area (Å²) < 4.78 is 2.60. The maximum absolute atomic E-state index is 2.44. The molecule has 280 valence electrons. The molecule has 0 unspecified atom stereocenters. The molecular weight excluding hydrogens is 735 g/mol. The third-order valence-electron chi connectivity index (χ3n) is 11.4. The van der Waals surface area contributed by atoms with Crippen molar-refractivity contribution in [3.8, 4) is 11.1 Å². The Morgan fingerprint density at radius 3 is 1.34 bits per heavy atom. The number of thiophene rings is 1. The highest BCUT2D eigenvalue weighted by Gasteiger charge is 2.30. The van der Waals surface area contributed by atoms with E-state index in [1.165, 1.54) is 42.4 Å². The molecule has 10 aromatic rings. The Hall–Kier alpha value is -7.40. The SMILES string of the molecule is c1ccc(N(c2ccccc2)c2ccc3c(c2)-c2c(cc(N(c4ccccc4)c4ccc5sc6ccccc6c5c4)cc2N(c2ccccc2)c2ccccc2)C3)cc1. The van der Waals surface area contributed by atoms with Gasteiger partial charge in [-0.1, -0.05) is 115 Å². The van der Waals surface area contributed by atoms with Crippen LogP contribution in [0, 0.1) is 0 Å². The molecule has 9 aromatic carbocycles. The maximum atomic E-state index is 2.44. The standard InChI is InChI=1S/C55H39N3S/c1-6-18-41(19-7-1)56(42-20-8-2-9-21-42)46-31-30-39-34-40-35-48(38-52(55(40)50(39)36-46)58(44-24-12-4-13-25-44)45-26-14-5-15-27-45)57(43-22-10-3-11-23-43)47-32-33-54-51(37-47)49-28-16-17-29-53(49)59-54/h1-33,35-38H,34H2. The van der Waals surface area contributed by atoms with Crippen molar-refractivity contribution in [2.24, 2.45) is 0 Å². The summed E-state index contributed by atoms with van der Waals surface area (Å²) in [6, 6.07) is 81.4. The van der Waals surface area contributed by atoms with Crippen LogP contribution >= 0.6 is 11.3 Å². The summed E-state index contributed by atoms with van der Waals surface area (Å²) >= 11 is 1.86. The Morgan fingerprint density at radius 1 is 0.305 bits per heavy atom. The molecule has 1 aliphatic rings. The average molecular weight is 774 g/mol. The molecule has 0 fully saturated rings. The molecule has 1 aromatic heterocycles. The number of hydrogen-bond donors (Lipinski definition) is 0.